The molecule has 26 heavy (non-hydrogen) atoms. The van der Waals surface area contributed by atoms with E-state index in [2.05, 4.69) is 0 Å². The molecule has 1 aromatic carbocycles. The quantitative estimate of drug-likeness (QED) is 0.762. The molecule has 0 aromatic heterocycles. The van der Waals surface area contributed by atoms with Crippen LogP contribution >= 0.6 is 0 Å². The van der Waals surface area contributed by atoms with Gasteiger partial charge < -0.3 is 14.4 Å². The minimum absolute atomic E-state index is 0.0860. The Hall–Kier alpha value is -1.76. The number of hydrogen-bond acceptors (Lipinski definition) is 3. The Balaban J connectivity index is 1.93. The average molecular weight is 373 g/mol. The summed E-state index contributed by atoms with van der Waals surface area (Å²) in [5, 5.41) is 0. The standard InChI is InChI=1S/C19H26F3NO3/c1-18(2,3)26-17(24)23-11-9-15(10-12-23)16(19(20,21)22)25-13-14-7-5-4-6-8-14/h4-8,15-16H,9-13H2,1-3H3. The van der Waals surface area contributed by atoms with Crippen molar-refractivity contribution in [2.24, 2.45) is 5.92 Å². The third-order valence-corrected chi connectivity index (χ3v) is 4.21. The van der Waals surface area contributed by atoms with Crippen LogP contribution in [0, 0.1) is 5.92 Å². The van der Waals surface area contributed by atoms with E-state index in [0.29, 0.717) is 5.56 Å². The van der Waals surface area contributed by atoms with Gasteiger partial charge in [-0.25, -0.2) is 4.79 Å². The van der Waals surface area contributed by atoms with Crippen LogP contribution in [0.3, 0.4) is 0 Å². The number of benzene rings is 1. The minimum atomic E-state index is -4.44. The second-order valence-corrected chi connectivity index (χ2v) is 7.56. The fraction of sp³-hybridized carbons (Fsp3) is 0.632. The van der Waals surface area contributed by atoms with Crippen molar-refractivity contribution in [1.29, 1.82) is 0 Å². The number of carbonyl (C=O) groups is 1. The Kier molecular flexibility index (Phi) is 6.55. The molecular formula is C19H26F3NO3. The molecule has 7 heteroatoms. The van der Waals surface area contributed by atoms with E-state index in [1.54, 1.807) is 51.1 Å². The molecule has 1 unspecified atom stereocenters. The number of hydrogen-bond donors (Lipinski definition) is 0. The number of likely N-dealkylation sites (tertiary alicyclic amines) is 1. The zero-order valence-electron chi connectivity index (χ0n) is 15.4. The monoisotopic (exact) mass is 373 g/mol. The van der Waals surface area contributed by atoms with Gasteiger partial charge in [0, 0.05) is 13.1 Å². The molecule has 2 rings (SSSR count). The molecule has 1 atom stereocenters. The molecule has 0 aliphatic carbocycles. The normalized spacial score (nSPS) is 17.8. The maximum absolute atomic E-state index is 13.5. The summed E-state index contributed by atoms with van der Waals surface area (Å²) in [7, 11) is 0. The lowest BCUT2D eigenvalue weighted by Crippen LogP contribution is -2.47. The number of piperidine rings is 1. The van der Waals surface area contributed by atoms with E-state index in [1.165, 1.54) is 4.90 Å². The van der Waals surface area contributed by atoms with E-state index in [0.717, 1.165) is 0 Å². The zero-order chi connectivity index (χ0) is 19.4. The fourth-order valence-corrected chi connectivity index (χ4v) is 2.97. The van der Waals surface area contributed by atoms with Gasteiger partial charge in [-0.3, -0.25) is 0 Å². The lowest BCUT2D eigenvalue weighted by Gasteiger charge is -2.37. The van der Waals surface area contributed by atoms with Crippen molar-refractivity contribution in [2.75, 3.05) is 13.1 Å². The van der Waals surface area contributed by atoms with E-state index >= 15 is 0 Å². The van der Waals surface area contributed by atoms with Crippen LogP contribution in [0.4, 0.5) is 18.0 Å². The van der Waals surface area contributed by atoms with Crippen LogP contribution in [0.5, 0.6) is 0 Å². The van der Waals surface area contributed by atoms with Crippen molar-refractivity contribution in [2.45, 2.75) is 58.1 Å². The molecule has 1 aliphatic rings. The van der Waals surface area contributed by atoms with Crippen molar-refractivity contribution >= 4 is 6.09 Å². The summed E-state index contributed by atoms with van der Waals surface area (Å²) in [6.45, 7) is 5.66. The van der Waals surface area contributed by atoms with Gasteiger partial charge in [-0.2, -0.15) is 13.2 Å². The van der Waals surface area contributed by atoms with Gasteiger partial charge in [0.1, 0.15) is 5.60 Å². The number of rotatable bonds is 4. The highest BCUT2D eigenvalue weighted by Gasteiger charge is 2.46. The number of nitrogens with zero attached hydrogens (tertiary/aromatic N) is 1. The van der Waals surface area contributed by atoms with Crippen molar-refractivity contribution in [3.05, 3.63) is 35.9 Å². The van der Waals surface area contributed by atoms with Gasteiger partial charge in [0.15, 0.2) is 6.10 Å². The average Bonchev–Trinajstić information content (AvgIpc) is 2.54. The lowest BCUT2D eigenvalue weighted by atomic mass is 9.91. The van der Waals surface area contributed by atoms with Crippen molar-refractivity contribution in [3.8, 4) is 0 Å². The highest BCUT2D eigenvalue weighted by Crippen LogP contribution is 2.35. The Bertz CT molecular complexity index is 576. The van der Waals surface area contributed by atoms with Gasteiger partial charge in [-0.15, -0.1) is 0 Å². The molecule has 1 heterocycles. The molecule has 1 saturated heterocycles. The third-order valence-electron chi connectivity index (χ3n) is 4.21. The molecule has 0 bridgehead atoms. The molecule has 4 nitrogen and oxygen atoms in total. The summed E-state index contributed by atoms with van der Waals surface area (Å²) in [6, 6.07) is 8.80. The SMILES string of the molecule is CC(C)(C)OC(=O)N1CCC(C(OCc2ccccc2)C(F)(F)F)CC1. The van der Waals surface area contributed by atoms with E-state index in [1.807, 2.05) is 0 Å². The molecular weight excluding hydrogens is 347 g/mol. The van der Waals surface area contributed by atoms with Crippen LogP contribution in [0.1, 0.15) is 39.2 Å². The molecule has 1 fully saturated rings. The number of amides is 1. The summed E-state index contributed by atoms with van der Waals surface area (Å²) in [4.78, 5) is 13.5. The molecule has 1 amide bonds. The first-order valence-corrected chi connectivity index (χ1v) is 8.76. The third kappa shape index (κ3) is 6.20. The molecule has 1 aliphatic heterocycles. The van der Waals surface area contributed by atoms with Crippen LogP contribution in [-0.2, 0) is 16.1 Å². The van der Waals surface area contributed by atoms with Crippen molar-refractivity contribution in [3.63, 3.8) is 0 Å². The number of carbonyl (C=O) groups excluding carboxylic acids is 1. The van der Waals surface area contributed by atoms with Gasteiger partial charge in [0.05, 0.1) is 6.61 Å². The molecule has 1 aromatic rings. The summed E-state index contributed by atoms with van der Waals surface area (Å²) in [5.74, 6) is -0.669. The van der Waals surface area contributed by atoms with Crippen molar-refractivity contribution < 1.29 is 27.4 Å². The van der Waals surface area contributed by atoms with E-state index < -0.39 is 29.9 Å². The first kappa shape index (κ1) is 20.6. The van der Waals surface area contributed by atoms with E-state index in [9.17, 15) is 18.0 Å². The molecule has 146 valence electrons. The number of halogens is 3. The van der Waals surface area contributed by atoms with Gasteiger partial charge >= 0.3 is 12.3 Å². The van der Waals surface area contributed by atoms with Gasteiger partial charge in [0.2, 0.25) is 0 Å². The molecule has 0 saturated carbocycles. The second kappa shape index (κ2) is 8.29. The largest absolute Gasteiger partial charge is 0.444 e. The fourth-order valence-electron chi connectivity index (χ4n) is 2.97. The number of alkyl halides is 3. The lowest BCUT2D eigenvalue weighted by molar-refractivity contribution is -0.243. The van der Waals surface area contributed by atoms with E-state index in [4.69, 9.17) is 9.47 Å². The Morgan fingerprint density at radius 1 is 1.15 bits per heavy atom. The summed E-state index contributed by atoms with van der Waals surface area (Å²) >= 11 is 0. The van der Waals surface area contributed by atoms with Crippen LogP contribution in [0.15, 0.2) is 30.3 Å². The zero-order valence-corrected chi connectivity index (χ0v) is 15.4. The van der Waals surface area contributed by atoms with Crippen molar-refractivity contribution in [1.82, 2.24) is 4.90 Å². The smallest absolute Gasteiger partial charge is 0.414 e. The minimum Gasteiger partial charge on any atom is -0.444 e. The second-order valence-electron chi connectivity index (χ2n) is 7.56. The van der Waals surface area contributed by atoms with Gasteiger partial charge in [0.25, 0.3) is 0 Å². The first-order valence-electron chi connectivity index (χ1n) is 8.76. The maximum atomic E-state index is 13.5. The van der Waals surface area contributed by atoms with Crippen LogP contribution in [0.25, 0.3) is 0 Å². The molecule has 0 radical (unpaired) electrons. The van der Waals surface area contributed by atoms with Gasteiger partial charge in [-0.05, 0) is 45.1 Å². The predicted molar refractivity (Wildman–Crippen MR) is 91.6 cm³/mol. The van der Waals surface area contributed by atoms with Crippen LogP contribution in [-0.4, -0.2) is 42.0 Å². The summed E-state index contributed by atoms with van der Waals surface area (Å²) in [5.41, 5.74) is 0.0780. The summed E-state index contributed by atoms with van der Waals surface area (Å²) < 4.78 is 50.9. The first-order chi connectivity index (χ1) is 12.1. The summed E-state index contributed by atoms with van der Waals surface area (Å²) in [6.07, 6.45) is -6.28. The Morgan fingerprint density at radius 3 is 2.23 bits per heavy atom. The highest BCUT2D eigenvalue weighted by atomic mass is 19.4. The van der Waals surface area contributed by atoms with E-state index in [-0.39, 0.29) is 32.5 Å². The molecule has 0 N–H and O–H groups in total. The highest BCUT2D eigenvalue weighted by molar-refractivity contribution is 5.68. The van der Waals surface area contributed by atoms with Crippen LogP contribution < -0.4 is 0 Å². The predicted octanol–water partition coefficient (Wildman–Crippen LogP) is 4.78. The van der Waals surface area contributed by atoms with Gasteiger partial charge in [-0.1, -0.05) is 30.3 Å². The number of ether oxygens (including phenoxy) is 2. The van der Waals surface area contributed by atoms with Crippen LogP contribution in [0.2, 0.25) is 0 Å². The Labute approximate surface area is 152 Å². The molecule has 0 spiro atoms. The topological polar surface area (TPSA) is 38.8 Å². The maximum Gasteiger partial charge on any atom is 0.414 e. The Morgan fingerprint density at radius 2 is 1.73 bits per heavy atom.